The molecular formula is C10H30O6Ti. The molecule has 0 heterocycles. The van der Waals surface area contributed by atoms with Crippen molar-refractivity contribution in [3.05, 3.63) is 0 Å². The molecule has 110 valence electrons. The van der Waals surface area contributed by atoms with Crippen LogP contribution in [0.25, 0.3) is 0 Å². The quantitative estimate of drug-likeness (QED) is 0.400. The van der Waals surface area contributed by atoms with E-state index in [1.165, 1.54) is 32.1 Å². The number of aliphatic hydroxyl groups is 3. The van der Waals surface area contributed by atoms with Crippen LogP contribution in [0.15, 0.2) is 0 Å². The second kappa shape index (κ2) is 43.9. The zero-order valence-electron chi connectivity index (χ0n) is 10.7. The molecule has 0 aromatic heterocycles. The zero-order valence-corrected chi connectivity index (χ0v) is 12.3. The van der Waals surface area contributed by atoms with Gasteiger partial charge >= 0.3 is 0 Å². The molecule has 0 aliphatic rings. The van der Waals surface area contributed by atoms with E-state index < -0.39 is 0 Å². The van der Waals surface area contributed by atoms with Crippen LogP contribution >= 0.6 is 0 Å². The van der Waals surface area contributed by atoms with E-state index in [4.69, 9.17) is 15.3 Å². The van der Waals surface area contributed by atoms with Crippen LogP contribution in [0.5, 0.6) is 0 Å². The van der Waals surface area contributed by atoms with Gasteiger partial charge in [-0.05, 0) is 6.42 Å². The van der Waals surface area contributed by atoms with Crippen LogP contribution in [0.2, 0.25) is 0 Å². The fraction of sp³-hybridized carbons (Fsp3) is 1.00. The fourth-order valence-electron chi connectivity index (χ4n) is 0.892. The molecule has 0 atom stereocenters. The second-order valence-corrected chi connectivity index (χ2v) is 2.94. The van der Waals surface area contributed by atoms with Crippen molar-refractivity contribution in [2.75, 3.05) is 19.8 Å². The number of hydrogen-bond acceptors (Lipinski definition) is 3. The fourth-order valence-corrected chi connectivity index (χ4v) is 0.892. The Morgan fingerprint density at radius 3 is 1.24 bits per heavy atom. The third kappa shape index (κ3) is 61.8. The predicted molar refractivity (Wildman–Crippen MR) is 65.5 cm³/mol. The van der Waals surface area contributed by atoms with E-state index in [9.17, 15) is 0 Å². The first kappa shape index (κ1) is 36.0. The molecule has 0 bridgehead atoms. The van der Waals surface area contributed by atoms with Crippen LogP contribution in [0.1, 0.15) is 45.4 Å². The summed E-state index contributed by atoms with van der Waals surface area (Å²) < 4.78 is 0. The summed E-state index contributed by atoms with van der Waals surface area (Å²) in [6.45, 7) is 2.33. The second-order valence-electron chi connectivity index (χ2n) is 2.94. The maximum atomic E-state index is 8.42. The van der Waals surface area contributed by atoms with Gasteiger partial charge < -0.3 is 31.7 Å². The molecule has 9 N–H and O–H groups in total. The Morgan fingerprint density at radius 2 is 0.941 bits per heavy atom. The van der Waals surface area contributed by atoms with Crippen LogP contribution in [0.4, 0.5) is 0 Å². The largest absolute Gasteiger partial charge is 0.412 e. The predicted octanol–water partition coefficient (Wildman–Crippen LogP) is -1.17. The van der Waals surface area contributed by atoms with Crippen LogP contribution < -0.4 is 0 Å². The van der Waals surface area contributed by atoms with E-state index in [1.807, 2.05) is 0 Å². The van der Waals surface area contributed by atoms with Gasteiger partial charge in [0.25, 0.3) is 0 Å². The van der Waals surface area contributed by atoms with Crippen molar-refractivity contribution in [2.24, 2.45) is 0 Å². The van der Waals surface area contributed by atoms with Gasteiger partial charge in [0, 0.05) is 28.3 Å². The first-order chi connectivity index (χ1) is 6.33. The van der Waals surface area contributed by atoms with E-state index in [0.717, 1.165) is 6.42 Å². The average Bonchev–Trinajstić information content (AvgIpc) is 2.18. The van der Waals surface area contributed by atoms with Gasteiger partial charge in [-0.15, -0.1) is 0 Å². The molecule has 17 heavy (non-hydrogen) atoms. The van der Waals surface area contributed by atoms with Crippen molar-refractivity contribution in [1.82, 2.24) is 0 Å². The van der Waals surface area contributed by atoms with Crippen molar-refractivity contribution >= 4 is 0 Å². The summed E-state index contributed by atoms with van der Waals surface area (Å²) in [6, 6.07) is 0. The molecule has 0 aromatic rings. The van der Waals surface area contributed by atoms with Crippen molar-refractivity contribution in [3.63, 3.8) is 0 Å². The van der Waals surface area contributed by atoms with E-state index in [1.54, 1.807) is 0 Å². The molecule has 6 nitrogen and oxygen atoms in total. The number of aliphatic hydroxyl groups excluding tert-OH is 3. The van der Waals surface area contributed by atoms with Gasteiger partial charge in [-0.1, -0.05) is 39.0 Å². The summed E-state index contributed by atoms with van der Waals surface area (Å²) in [7, 11) is 0. The van der Waals surface area contributed by atoms with Crippen LogP contribution in [0, 0.1) is 0 Å². The average molecular weight is 294 g/mol. The minimum atomic E-state index is -0.125. The minimum absolute atomic E-state index is 0. The third-order valence-electron chi connectivity index (χ3n) is 1.61. The number of unbranched alkanes of at least 4 members (excludes halogenated alkanes) is 5. The van der Waals surface area contributed by atoms with E-state index >= 15 is 0 Å². The summed E-state index contributed by atoms with van der Waals surface area (Å²) in [5.74, 6) is 0. The topological polar surface area (TPSA) is 155 Å². The van der Waals surface area contributed by atoms with E-state index in [0.29, 0.717) is 6.61 Å². The van der Waals surface area contributed by atoms with Gasteiger partial charge in [0.15, 0.2) is 0 Å². The molecular weight excluding hydrogens is 264 g/mol. The monoisotopic (exact) mass is 294 g/mol. The normalized spacial score (nSPS) is 7.06. The molecule has 0 amide bonds. The van der Waals surface area contributed by atoms with Crippen LogP contribution in [-0.2, 0) is 21.7 Å². The molecule has 0 aromatic carbocycles. The van der Waals surface area contributed by atoms with Gasteiger partial charge in [0.1, 0.15) is 0 Å². The first-order valence-electron chi connectivity index (χ1n) is 5.16. The SMILES string of the molecule is CCCCCCCCO.O.O.O.OCCO.[Ti]. The summed E-state index contributed by atoms with van der Waals surface area (Å²) in [4.78, 5) is 0. The number of hydrogen-bond donors (Lipinski definition) is 3. The Balaban J connectivity index is -0.0000000338. The zero-order chi connectivity index (χ0) is 10.4. The Kier molecular flexibility index (Phi) is 93.1. The van der Waals surface area contributed by atoms with Gasteiger partial charge in [0.2, 0.25) is 0 Å². The summed E-state index contributed by atoms with van der Waals surface area (Å²) in [5.41, 5.74) is 0. The Hall–Kier alpha value is 0.474. The summed E-state index contributed by atoms with van der Waals surface area (Å²) in [6.07, 6.45) is 7.50. The maximum Gasteiger partial charge on any atom is 0.0662 e. The smallest absolute Gasteiger partial charge is 0.0662 e. The van der Waals surface area contributed by atoms with Crippen LogP contribution in [0.3, 0.4) is 0 Å². The van der Waals surface area contributed by atoms with Crippen molar-refractivity contribution in [2.45, 2.75) is 45.4 Å². The van der Waals surface area contributed by atoms with Crippen LogP contribution in [-0.4, -0.2) is 51.6 Å². The minimum Gasteiger partial charge on any atom is -0.412 e. The van der Waals surface area contributed by atoms with Gasteiger partial charge in [-0.2, -0.15) is 0 Å². The van der Waals surface area contributed by atoms with Gasteiger partial charge in [-0.25, -0.2) is 0 Å². The molecule has 0 fully saturated rings. The van der Waals surface area contributed by atoms with Crippen molar-refractivity contribution < 1.29 is 53.5 Å². The Bertz CT molecular complexity index is 69.8. The van der Waals surface area contributed by atoms with E-state index in [-0.39, 0.29) is 51.4 Å². The van der Waals surface area contributed by atoms with E-state index in [2.05, 4.69) is 6.92 Å². The summed E-state index contributed by atoms with van der Waals surface area (Å²) >= 11 is 0. The van der Waals surface area contributed by atoms with Crippen molar-refractivity contribution in [3.8, 4) is 0 Å². The van der Waals surface area contributed by atoms with Gasteiger partial charge in [0.05, 0.1) is 13.2 Å². The summed E-state index contributed by atoms with van der Waals surface area (Å²) in [5, 5.41) is 23.7. The van der Waals surface area contributed by atoms with Gasteiger partial charge in [-0.3, -0.25) is 0 Å². The maximum absolute atomic E-state index is 8.42. The molecule has 0 saturated heterocycles. The molecule has 7 heteroatoms. The molecule has 0 radical (unpaired) electrons. The first-order valence-corrected chi connectivity index (χ1v) is 5.16. The molecule has 0 rings (SSSR count). The Morgan fingerprint density at radius 1 is 0.588 bits per heavy atom. The molecule has 0 saturated carbocycles. The standard InChI is InChI=1S/C8H18O.C2H6O2.3H2O.Ti/c1-2-3-4-5-6-7-8-9;3-1-2-4;;;;/h9H,2-8H2,1H3;3-4H,1-2H2;3*1H2;. The molecule has 0 spiro atoms. The molecule has 0 aliphatic heterocycles. The Labute approximate surface area is 119 Å². The van der Waals surface area contributed by atoms with Crippen molar-refractivity contribution in [1.29, 1.82) is 0 Å². The third-order valence-corrected chi connectivity index (χ3v) is 1.61. The number of rotatable bonds is 7. The molecule has 0 unspecified atom stereocenters. The molecule has 0 aliphatic carbocycles.